The average molecular weight is 432 g/mol. The van der Waals surface area contributed by atoms with Gasteiger partial charge in [0.05, 0.1) is 6.54 Å². The molecule has 2 aromatic carbocycles. The van der Waals surface area contributed by atoms with Crippen molar-refractivity contribution in [3.63, 3.8) is 0 Å². The van der Waals surface area contributed by atoms with Crippen molar-refractivity contribution in [2.24, 2.45) is 4.99 Å². The number of hydrogen-bond acceptors (Lipinski definition) is 1. The first kappa shape index (κ1) is 14.0. The second-order valence-corrected chi connectivity index (χ2v) is 6.45. The second-order valence-electron chi connectivity index (χ2n) is 3.76. The van der Waals surface area contributed by atoms with Crippen molar-refractivity contribution in [1.82, 2.24) is 0 Å². The molecule has 0 radical (unpaired) electrons. The topological polar surface area (TPSA) is 12.4 Å². The van der Waals surface area contributed by atoms with Gasteiger partial charge in [0.1, 0.15) is 0 Å². The van der Waals surface area contributed by atoms with Crippen LogP contribution in [0.4, 0.5) is 0 Å². The summed E-state index contributed by atoms with van der Waals surface area (Å²) in [5, 5.41) is 0. The van der Waals surface area contributed by atoms with E-state index in [0.717, 1.165) is 19.0 Å². The van der Waals surface area contributed by atoms with Crippen LogP contribution in [0, 0.1) is 0 Å². The molecule has 0 N–H and O–H groups in total. The SMILES string of the molecule is Brc1cc(Br)cc(C=NCc2ccccc2Br)c1. The number of benzene rings is 2. The molecule has 0 aliphatic heterocycles. The number of nitrogens with zero attached hydrogens (tertiary/aromatic N) is 1. The highest BCUT2D eigenvalue weighted by Gasteiger charge is 1.97. The van der Waals surface area contributed by atoms with Gasteiger partial charge in [0.2, 0.25) is 0 Å². The summed E-state index contributed by atoms with van der Waals surface area (Å²) in [6, 6.07) is 14.2. The molecule has 0 atom stereocenters. The summed E-state index contributed by atoms with van der Waals surface area (Å²) < 4.78 is 3.18. The van der Waals surface area contributed by atoms with Gasteiger partial charge in [0.15, 0.2) is 0 Å². The zero-order chi connectivity index (χ0) is 13.0. The highest BCUT2D eigenvalue weighted by molar-refractivity contribution is 9.11. The Morgan fingerprint density at radius 1 is 0.944 bits per heavy atom. The van der Waals surface area contributed by atoms with Crippen LogP contribution in [0.2, 0.25) is 0 Å². The van der Waals surface area contributed by atoms with Crippen LogP contribution in [-0.2, 0) is 6.54 Å². The lowest BCUT2D eigenvalue weighted by molar-refractivity contribution is 1.07. The summed E-state index contributed by atoms with van der Waals surface area (Å²) in [6.07, 6.45) is 1.88. The lowest BCUT2D eigenvalue weighted by Gasteiger charge is -2.00. The molecule has 0 aliphatic carbocycles. The molecule has 0 saturated carbocycles. The Bertz CT molecular complexity index is 559. The van der Waals surface area contributed by atoms with Gasteiger partial charge in [-0.3, -0.25) is 4.99 Å². The maximum atomic E-state index is 4.46. The van der Waals surface area contributed by atoms with Crippen molar-refractivity contribution < 1.29 is 0 Å². The Labute approximate surface area is 132 Å². The van der Waals surface area contributed by atoms with Gasteiger partial charge >= 0.3 is 0 Å². The minimum absolute atomic E-state index is 0.672. The van der Waals surface area contributed by atoms with Gasteiger partial charge in [0, 0.05) is 19.6 Å². The molecule has 92 valence electrons. The van der Waals surface area contributed by atoms with Crippen molar-refractivity contribution in [3.05, 3.63) is 67.0 Å². The van der Waals surface area contributed by atoms with E-state index in [2.05, 4.69) is 58.8 Å². The Morgan fingerprint density at radius 2 is 1.61 bits per heavy atom. The summed E-state index contributed by atoms with van der Waals surface area (Å²) in [4.78, 5) is 4.46. The normalized spacial score (nSPS) is 11.1. The van der Waals surface area contributed by atoms with Gasteiger partial charge < -0.3 is 0 Å². The van der Waals surface area contributed by atoms with E-state index in [1.165, 1.54) is 5.56 Å². The Kier molecular flexibility index (Phi) is 5.15. The van der Waals surface area contributed by atoms with E-state index in [0.29, 0.717) is 6.54 Å². The van der Waals surface area contributed by atoms with Crippen LogP contribution < -0.4 is 0 Å². The maximum Gasteiger partial charge on any atom is 0.0650 e. The van der Waals surface area contributed by atoms with Gasteiger partial charge in [-0.15, -0.1) is 0 Å². The zero-order valence-electron chi connectivity index (χ0n) is 9.41. The van der Waals surface area contributed by atoms with Gasteiger partial charge in [-0.1, -0.05) is 66.0 Å². The molecule has 0 aliphatic rings. The number of rotatable bonds is 3. The fourth-order valence-corrected chi connectivity index (χ4v) is 3.26. The van der Waals surface area contributed by atoms with E-state index in [1.807, 2.05) is 42.6 Å². The van der Waals surface area contributed by atoms with Crippen molar-refractivity contribution in [2.45, 2.75) is 6.54 Å². The summed E-state index contributed by atoms with van der Waals surface area (Å²) in [5.41, 5.74) is 2.26. The van der Waals surface area contributed by atoms with Gasteiger partial charge in [0.25, 0.3) is 0 Å². The van der Waals surface area contributed by atoms with Crippen LogP contribution in [0.5, 0.6) is 0 Å². The van der Waals surface area contributed by atoms with Crippen molar-refractivity contribution in [1.29, 1.82) is 0 Å². The van der Waals surface area contributed by atoms with Crippen LogP contribution in [0.15, 0.2) is 60.9 Å². The minimum atomic E-state index is 0.672. The summed E-state index contributed by atoms with van der Waals surface area (Å²) in [5.74, 6) is 0. The van der Waals surface area contributed by atoms with Gasteiger partial charge in [-0.25, -0.2) is 0 Å². The van der Waals surface area contributed by atoms with Crippen LogP contribution in [0.3, 0.4) is 0 Å². The molecular weight excluding hydrogens is 422 g/mol. The fraction of sp³-hybridized carbons (Fsp3) is 0.0714. The number of hydrogen-bond donors (Lipinski definition) is 0. The van der Waals surface area contributed by atoms with E-state index in [1.54, 1.807) is 0 Å². The van der Waals surface area contributed by atoms with Crippen LogP contribution in [-0.4, -0.2) is 6.21 Å². The Morgan fingerprint density at radius 3 is 2.28 bits per heavy atom. The van der Waals surface area contributed by atoms with Crippen LogP contribution in [0.25, 0.3) is 0 Å². The lowest BCUT2D eigenvalue weighted by atomic mass is 10.2. The Balaban J connectivity index is 2.10. The van der Waals surface area contributed by atoms with Crippen molar-refractivity contribution in [2.75, 3.05) is 0 Å². The molecule has 4 heteroatoms. The molecule has 0 spiro atoms. The van der Waals surface area contributed by atoms with Crippen molar-refractivity contribution >= 4 is 54.0 Å². The Hall–Kier alpha value is -0.450. The monoisotopic (exact) mass is 429 g/mol. The number of aliphatic imine (C=N–C) groups is 1. The standard InChI is InChI=1S/C14H10Br3N/c15-12-5-10(6-13(16)7-12)8-18-9-11-3-1-2-4-14(11)17/h1-8H,9H2. The van der Waals surface area contributed by atoms with Gasteiger partial charge in [-0.05, 0) is 35.4 Å². The molecule has 0 heterocycles. The van der Waals surface area contributed by atoms with E-state index in [4.69, 9.17) is 0 Å². The molecule has 1 nitrogen and oxygen atoms in total. The molecule has 2 rings (SSSR count). The third-order valence-corrected chi connectivity index (χ3v) is 4.03. The molecule has 0 amide bonds. The number of halogens is 3. The molecule has 0 unspecified atom stereocenters. The lowest BCUT2D eigenvalue weighted by Crippen LogP contribution is -1.86. The van der Waals surface area contributed by atoms with E-state index < -0.39 is 0 Å². The largest absolute Gasteiger partial charge is 0.288 e. The molecule has 18 heavy (non-hydrogen) atoms. The predicted octanol–water partition coefficient (Wildman–Crippen LogP) is 5.59. The maximum absolute atomic E-state index is 4.46. The molecule has 0 aromatic heterocycles. The minimum Gasteiger partial charge on any atom is -0.288 e. The summed E-state index contributed by atoms with van der Waals surface area (Å²) in [6.45, 7) is 0.672. The molecule has 0 saturated heterocycles. The molecule has 0 bridgehead atoms. The van der Waals surface area contributed by atoms with E-state index in [9.17, 15) is 0 Å². The second kappa shape index (κ2) is 6.64. The van der Waals surface area contributed by atoms with Gasteiger partial charge in [-0.2, -0.15) is 0 Å². The predicted molar refractivity (Wildman–Crippen MR) is 87.3 cm³/mol. The quantitative estimate of drug-likeness (QED) is 0.561. The third kappa shape index (κ3) is 4.04. The summed E-state index contributed by atoms with van der Waals surface area (Å²) >= 11 is 10.4. The highest BCUT2D eigenvalue weighted by atomic mass is 79.9. The fourth-order valence-electron chi connectivity index (χ4n) is 1.53. The van der Waals surface area contributed by atoms with Crippen LogP contribution in [0.1, 0.15) is 11.1 Å². The highest BCUT2D eigenvalue weighted by Crippen LogP contribution is 2.20. The smallest absolute Gasteiger partial charge is 0.0650 e. The van der Waals surface area contributed by atoms with Crippen LogP contribution >= 0.6 is 47.8 Å². The first-order valence-electron chi connectivity index (χ1n) is 5.34. The molecule has 0 fully saturated rings. The van der Waals surface area contributed by atoms with Crippen molar-refractivity contribution in [3.8, 4) is 0 Å². The first-order chi connectivity index (χ1) is 8.65. The molecule has 2 aromatic rings. The average Bonchev–Trinajstić information content (AvgIpc) is 2.30. The third-order valence-electron chi connectivity index (χ3n) is 2.34. The first-order valence-corrected chi connectivity index (χ1v) is 7.72. The summed E-state index contributed by atoms with van der Waals surface area (Å²) in [7, 11) is 0. The van der Waals surface area contributed by atoms with E-state index >= 15 is 0 Å². The molecular formula is C14H10Br3N. The zero-order valence-corrected chi connectivity index (χ0v) is 14.2. The van der Waals surface area contributed by atoms with E-state index in [-0.39, 0.29) is 0 Å².